The largest absolute Gasteiger partial charge is 0.410 e. The van der Waals surface area contributed by atoms with Gasteiger partial charge in [-0.1, -0.05) is 49.2 Å². The summed E-state index contributed by atoms with van der Waals surface area (Å²) >= 11 is 12.2. The number of nitrogens with zero attached hydrogens (tertiary/aromatic N) is 3. The minimum absolute atomic E-state index is 0.0199. The van der Waals surface area contributed by atoms with Gasteiger partial charge in [-0.25, -0.2) is 4.68 Å². The molecule has 1 aromatic heterocycles. The van der Waals surface area contributed by atoms with E-state index in [1.807, 2.05) is 0 Å². The van der Waals surface area contributed by atoms with Gasteiger partial charge in [-0.2, -0.15) is 18.3 Å². The van der Waals surface area contributed by atoms with Crippen LogP contribution in [0.2, 0.25) is 10.0 Å². The van der Waals surface area contributed by atoms with Crippen molar-refractivity contribution in [3.8, 4) is 0 Å². The lowest BCUT2D eigenvalue weighted by molar-refractivity contribution is -0.173. The molecule has 1 aliphatic rings. The fourth-order valence-electron chi connectivity index (χ4n) is 3.78. The van der Waals surface area contributed by atoms with Crippen LogP contribution in [0, 0.1) is 0 Å². The first-order valence-corrected chi connectivity index (χ1v) is 11.3. The lowest BCUT2D eigenvalue weighted by atomic mass is 9.97. The molecule has 3 rings (SSSR count). The summed E-state index contributed by atoms with van der Waals surface area (Å²) in [5, 5.41) is 10.0. The van der Waals surface area contributed by atoms with E-state index in [1.54, 1.807) is 24.3 Å². The van der Waals surface area contributed by atoms with Crippen LogP contribution in [-0.4, -0.2) is 52.9 Å². The average Bonchev–Trinajstić information content (AvgIpc) is 3.09. The molecule has 6 nitrogen and oxygen atoms in total. The fourth-order valence-corrected chi connectivity index (χ4v) is 4.17. The van der Waals surface area contributed by atoms with Gasteiger partial charge in [-0.3, -0.25) is 4.79 Å². The predicted octanol–water partition coefficient (Wildman–Crippen LogP) is 5.31. The van der Waals surface area contributed by atoms with Gasteiger partial charge in [0.1, 0.15) is 10.8 Å². The monoisotopic (exact) mass is 491 g/mol. The molecule has 0 radical (unpaired) electrons. The molecule has 1 aromatic carbocycles. The number of alkyl halides is 3. The Hall–Kier alpha value is -1.97. The molecule has 0 unspecified atom stereocenters. The van der Waals surface area contributed by atoms with E-state index in [0.29, 0.717) is 23.6 Å². The minimum atomic E-state index is -4.56. The highest BCUT2D eigenvalue weighted by Gasteiger charge is 2.47. The number of carbonyl (C=O) groups is 1. The van der Waals surface area contributed by atoms with Crippen molar-refractivity contribution in [2.45, 2.75) is 44.9 Å². The van der Waals surface area contributed by atoms with Crippen LogP contribution >= 0.6 is 23.2 Å². The van der Waals surface area contributed by atoms with Gasteiger partial charge in [0.05, 0.1) is 6.04 Å². The molecule has 11 heteroatoms. The number of hydrogen-bond acceptors (Lipinski definition) is 4. The zero-order chi connectivity index (χ0) is 23.5. The molecule has 1 amide bonds. The molecule has 0 spiro atoms. The van der Waals surface area contributed by atoms with E-state index in [2.05, 4.69) is 34.5 Å². The highest BCUT2D eigenvalue weighted by molar-refractivity contribution is 6.36. The SMILES string of the molecule is CCN(CC)CCCNC(=O)c1nn2c(c1Cl)N[C@H](c1ccc(Cl)cc1)C[C@H]2C(F)(F)F. The minimum Gasteiger partial charge on any atom is -0.362 e. The molecular weight excluding hydrogens is 466 g/mol. The molecule has 2 heterocycles. The van der Waals surface area contributed by atoms with E-state index in [-0.39, 0.29) is 23.0 Å². The number of carbonyl (C=O) groups excluding carboxylic acids is 1. The first kappa shape index (κ1) is 24.7. The third-order valence-corrected chi connectivity index (χ3v) is 6.22. The summed E-state index contributed by atoms with van der Waals surface area (Å²) in [5.41, 5.74) is 0.414. The lowest BCUT2D eigenvalue weighted by Gasteiger charge is -2.33. The lowest BCUT2D eigenvalue weighted by Crippen LogP contribution is -2.36. The van der Waals surface area contributed by atoms with Crippen molar-refractivity contribution < 1.29 is 18.0 Å². The van der Waals surface area contributed by atoms with Crippen LogP contribution < -0.4 is 10.6 Å². The molecule has 176 valence electrons. The third-order valence-electron chi connectivity index (χ3n) is 5.61. The molecule has 0 saturated carbocycles. The third kappa shape index (κ3) is 5.50. The molecule has 2 aromatic rings. The van der Waals surface area contributed by atoms with Crippen LogP contribution in [0.4, 0.5) is 19.0 Å². The average molecular weight is 492 g/mol. The number of aromatic nitrogens is 2. The van der Waals surface area contributed by atoms with Gasteiger partial charge in [0.25, 0.3) is 5.91 Å². The summed E-state index contributed by atoms with van der Waals surface area (Å²) in [6.45, 7) is 7.10. The number of amides is 1. The fraction of sp³-hybridized carbons (Fsp3) is 0.524. The summed E-state index contributed by atoms with van der Waals surface area (Å²) in [5.74, 6) is -0.615. The van der Waals surface area contributed by atoms with E-state index in [0.717, 1.165) is 24.3 Å². The molecule has 0 aliphatic carbocycles. The number of halogens is 5. The molecule has 2 atom stereocenters. The highest BCUT2D eigenvalue weighted by atomic mass is 35.5. The second kappa shape index (κ2) is 10.3. The summed E-state index contributed by atoms with van der Waals surface area (Å²) in [7, 11) is 0. The summed E-state index contributed by atoms with van der Waals surface area (Å²) < 4.78 is 42.3. The number of nitrogens with one attached hydrogen (secondary N) is 2. The van der Waals surface area contributed by atoms with Crippen LogP contribution in [0.1, 0.15) is 54.8 Å². The summed E-state index contributed by atoms with van der Waals surface area (Å²) in [6.07, 6.45) is -4.14. The number of benzene rings is 1. The molecule has 0 saturated heterocycles. The number of rotatable bonds is 8. The van der Waals surface area contributed by atoms with E-state index >= 15 is 0 Å². The Labute approximate surface area is 195 Å². The Bertz CT molecular complexity index is 929. The zero-order valence-corrected chi connectivity index (χ0v) is 19.4. The molecule has 1 aliphatic heterocycles. The van der Waals surface area contributed by atoms with Crippen LogP contribution in [0.5, 0.6) is 0 Å². The van der Waals surface area contributed by atoms with Crippen molar-refractivity contribution in [2.75, 3.05) is 31.5 Å². The van der Waals surface area contributed by atoms with Gasteiger partial charge < -0.3 is 15.5 Å². The van der Waals surface area contributed by atoms with Crippen LogP contribution in [0.3, 0.4) is 0 Å². The first-order valence-electron chi connectivity index (χ1n) is 10.5. The second-order valence-electron chi connectivity index (χ2n) is 7.63. The van der Waals surface area contributed by atoms with Gasteiger partial charge in [0.15, 0.2) is 11.7 Å². The Kier molecular flexibility index (Phi) is 7.95. The summed E-state index contributed by atoms with van der Waals surface area (Å²) in [6, 6.07) is 3.98. The number of anilines is 1. The standard InChI is InChI=1S/C21H26Cl2F3N5O/c1-3-30(4-2)11-5-10-27-20(32)18-17(23)19-28-15(13-6-8-14(22)9-7-13)12-16(21(24,25)26)31(19)29-18/h6-9,15-16,28H,3-5,10-12H2,1-2H3,(H,27,32)/t15-,16-/m0/s1. The normalized spacial score (nSPS) is 18.4. The first-order chi connectivity index (χ1) is 15.2. The van der Waals surface area contributed by atoms with Crippen molar-refractivity contribution in [2.24, 2.45) is 0 Å². The zero-order valence-electron chi connectivity index (χ0n) is 17.8. The van der Waals surface area contributed by atoms with Crippen molar-refractivity contribution in [3.05, 3.63) is 45.6 Å². The van der Waals surface area contributed by atoms with Crippen molar-refractivity contribution >= 4 is 34.9 Å². The maximum atomic E-state index is 13.8. The van der Waals surface area contributed by atoms with Gasteiger partial charge in [-0.15, -0.1) is 0 Å². The Morgan fingerprint density at radius 1 is 1.25 bits per heavy atom. The topological polar surface area (TPSA) is 62.2 Å². The predicted molar refractivity (Wildman–Crippen MR) is 119 cm³/mol. The van der Waals surface area contributed by atoms with E-state index in [1.165, 1.54) is 0 Å². The van der Waals surface area contributed by atoms with Gasteiger partial charge in [0, 0.05) is 18.0 Å². The van der Waals surface area contributed by atoms with Gasteiger partial charge in [-0.05, 0) is 43.8 Å². The van der Waals surface area contributed by atoms with Crippen molar-refractivity contribution in [1.29, 1.82) is 0 Å². The Morgan fingerprint density at radius 3 is 2.50 bits per heavy atom. The van der Waals surface area contributed by atoms with E-state index in [9.17, 15) is 18.0 Å². The molecule has 0 bridgehead atoms. The van der Waals surface area contributed by atoms with Gasteiger partial charge >= 0.3 is 6.18 Å². The smallest absolute Gasteiger partial charge is 0.362 e. The molecular formula is C21H26Cl2F3N5O. The Balaban J connectivity index is 1.80. The van der Waals surface area contributed by atoms with Crippen LogP contribution in [0.25, 0.3) is 0 Å². The molecule has 32 heavy (non-hydrogen) atoms. The maximum Gasteiger partial charge on any atom is 0.410 e. The second-order valence-corrected chi connectivity index (χ2v) is 8.45. The highest BCUT2D eigenvalue weighted by Crippen LogP contribution is 2.46. The van der Waals surface area contributed by atoms with Crippen LogP contribution in [-0.2, 0) is 0 Å². The van der Waals surface area contributed by atoms with E-state index < -0.39 is 24.2 Å². The van der Waals surface area contributed by atoms with Crippen LogP contribution in [0.15, 0.2) is 24.3 Å². The van der Waals surface area contributed by atoms with Crippen molar-refractivity contribution in [1.82, 2.24) is 20.0 Å². The molecule has 2 N–H and O–H groups in total. The summed E-state index contributed by atoms with van der Waals surface area (Å²) in [4.78, 5) is 14.8. The van der Waals surface area contributed by atoms with Crippen molar-refractivity contribution in [3.63, 3.8) is 0 Å². The van der Waals surface area contributed by atoms with E-state index in [4.69, 9.17) is 23.2 Å². The number of fused-ring (bicyclic) bond motifs is 1. The number of hydrogen-bond donors (Lipinski definition) is 2. The molecule has 0 fully saturated rings. The maximum absolute atomic E-state index is 13.8. The van der Waals surface area contributed by atoms with Gasteiger partial charge in [0.2, 0.25) is 0 Å². The Morgan fingerprint density at radius 2 is 1.91 bits per heavy atom. The quantitative estimate of drug-likeness (QED) is 0.491.